The number of halogens is 6. The summed E-state index contributed by atoms with van der Waals surface area (Å²) in [6.07, 6.45) is -4.60. The van der Waals surface area contributed by atoms with Crippen LogP contribution in [-0.4, -0.2) is 0 Å². The van der Waals surface area contributed by atoms with Crippen LogP contribution in [0.1, 0.15) is 22.7 Å². The van der Waals surface area contributed by atoms with Crippen molar-refractivity contribution in [1.29, 1.82) is 0 Å². The van der Waals surface area contributed by atoms with Gasteiger partial charge in [0, 0.05) is 5.56 Å². The molecular formula is C12H9Cl2F4NS. The first kappa shape index (κ1) is 17.2. The zero-order valence-corrected chi connectivity index (χ0v) is 12.1. The van der Waals surface area contributed by atoms with Crippen LogP contribution in [0.2, 0.25) is 5.02 Å². The third kappa shape index (κ3) is 3.44. The predicted octanol–water partition coefficient (Wildman–Crippen LogP) is 5.03. The highest BCUT2D eigenvalue weighted by molar-refractivity contribution is 7.08. The maximum atomic E-state index is 13.8. The molecule has 0 unspecified atom stereocenters. The van der Waals surface area contributed by atoms with Gasteiger partial charge < -0.3 is 5.73 Å². The number of benzene rings is 1. The van der Waals surface area contributed by atoms with Crippen LogP contribution in [0.25, 0.3) is 0 Å². The number of hydrogen-bond donors (Lipinski definition) is 1. The maximum Gasteiger partial charge on any atom is 0.416 e. The highest BCUT2D eigenvalue weighted by Gasteiger charge is 2.33. The van der Waals surface area contributed by atoms with Gasteiger partial charge in [0.25, 0.3) is 0 Å². The van der Waals surface area contributed by atoms with Crippen molar-refractivity contribution in [2.75, 3.05) is 0 Å². The minimum absolute atomic E-state index is 0. The number of nitrogens with two attached hydrogens (primary N) is 1. The molecule has 2 aromatic rings. The summed E-state index contributed by atoms with van der Waals surface area (Å²) >= 11 is 6.83. The number of rotatable bonds is 2. The Morgan fingerprint density at radius 1 is 1.25 bits per heavy atom. The Labute approximate surface area is 127 Å². The van der Waals surface area contributed by atoms with E-state index in [1.807, 2.05) is 0 Å². The van der Waals surface area contributed by atoms with E-state index in [2.05, 4.69) is 0 Å². The van der Waals surface area contributed by atoms with Crippen molar-refractivity contribution < 1.29 is 17.6 Å². The second-order valence-corrected chi connectivity index (χ2v) is 5.08. The van der Waals surface area contributed by atoms with Crippen LogP contribution in [0.5, 0.6) is 0 Å². The van der Waals surface area contributed by atoms with Gasteiger partial charge in [0.15, 0.2) is 0 Å². The van der Waals surface area contributed by atoms with Crippen molar-refractivity contribution in [2.45, 2.75) is 12.2 Å². The van der Waals surface area contributed by atoms with Crippen molar-refractivity contribution in [1.82, 2.24) is 0 Å². The first-order valence-corrected chi connectivity index (χ1v) is 6.46. The number of thiophene rings is 1. The summed E-state index contributed by atoms with van der Waals surface area (Å²) < 4.78 is 51.8. The van der Waals surface area contributed by atoms with E-state index in [1.165, 1.54) is 11.3 Å². The molecule has 110 valence electrons. The molecule has 1 nitrogen and oxygen atoms in total. The van der Waals surface area contributed by atoms with Crippen LogP contribution in [0.3, 0.4) is 0 Å². The Kier molecular flexibility index (Phi) is 5.43. The van der Waals surface area contributed by atoms with E-state index < -0.39 is 28.6 Å². The molecule has 0 bridgehead atoms. The molecule has 1 aromatic heterocycles. The van der Waals surface area contributed by atoms with E-state index in [4.69, 9.17) is 17.3 Å². The van der Waals surface area contributed by atoms with E-state index in [0.717, 1.165) is 0 Å². The predicted molar refractivity (Wildman–Crippen MR) is 74.0 cm³/mol. The molecule has 0 radical (unpaired) electrons. The zero-order chi connectivity index (χ0) is 14.2. The lowest BCUT2D eigenvalue weighted by Gasteiger charge is -2.15. The Morgan fingerprint density at radius 2 is 1.90 bits per heavy atom. The van der Waals surface area contributed by atoms with Gasteiger partial charge in [-0.25, -0.2) is 4.39 Å². The van der Waals surface area contributed by atoms with Crippen molar-refractivity contribution >= 4 is 35.3 Å². The second kappa shape index (κ2) is 6.30. The smallest absolute Gasteiger partial charge is 0.320 e. The molecule has 0 aliphatic carbocycles. The van der Waals surface area contributed by atoms with Crippen molar-refractivity contribution in [3.63, 3.8) is 0 Å². The number of hydrogen-bond acceptors (Lipinski definition) is 2. The van der Waals surface area contributed by atoms with Gasteiger partial charge in [-0.15, -0.1) is 12.4 Å². The molecule has 0 aliphatic heterocycles. The Bertz CT molecular complexity index is 584. The van der Waals surface area contributed by atoms with Crippen molar-refractivity contribution in [2.24, 2.45) is 5.73 Å². The van der Waals surface area contributed by atoms with Gasteiger partial charge in [-0.2, -0.15) is 24.5 Å². The summed E-state index contributed by atoms with van der Waals surface area (Å²) in [7, 11) is 0. The second-order valence-electron chi connectivity index (χ2n) is 3.89. The Morgan fingerprint density at radius 3 is 2.40 bits per heavy atom. The van der Waals surface area contributed by atoms with Crippen molar-refractivity contribution in [3.8, 4) is 0 Å². The molecule has 1 heterocycles. The normalized spacial score (nSPS) is 12.9. The molecule has 0 fully saturated rings. The van der Waals surface area contributed by atoms with Crippen LogP contribution in [0, 0.1) is 5.82 Å². The first-order valence-electron chi connectivity index (χ1n) is 5.14. The third-order valence-electron chi connectivity index (χ3n) is 2.62. The van der Waals surface area contributed by atoms with E-state index in [0.29, 0.717) is 17.7 Å². The minimum atomic E-state index is -4.60. The van der Waals surface area contributed by atoms with E-state index in [-0.39, 0.29) is 18.0 Å². The largest absolute Gasteiger partial charge is 0.416 e. The summed E-state index contributed by atoms with van der Waals surface area (Å²) in [5, 5.41) is 2.77. The molecule has 0 amide bonds. The molecule has 1 aromatic carbocycles. The molecule has 8 heteroatoms. The third-order valence-corrected chi connectivity index (χ3v) is 3.60. The quantitative estimate of drug-likeness (QED) is 0.759. The molecule has 0 saturated carbocycles. The fourth-order valence-corrected chi connectivity index (χ4v) is 2.56. The van der Waals surface area contributed by atoms with Crippen molar-refractivity contribution in [3.05, 3.63) is 56.5 Å². The average molecular weight is 346 g/mol. The van der Waals surface area contributed by atoms with Crippen LogP contribution in [-0.2, 0) is 6.18 Å². The summed E-state index contributed by atoms with van der Waals surface area (Å²) in [6.45, 7) is 0. The molecule has 1 atom stereocenters. The molecule has 2 rings (SSSR count). The topological polar surface area (TPSA) is 26.0 Å². The van der Waals surface area contributed by atoms with Gasteiger partial charge in [-0.05, 0) is 34.5 Å². The van der Waals surface area contributed by atoms with Gasteiger partial charge in [-0.3, -0.25) is 0 Å². The molecule has 20 heavy (non-hydrogen) atoms. The van der Waals surface area contributed by atoms with Crippen LogP contribution in [0.4, 0.5) is 17.6 Å². The maximum absolute atomic E-state index is 13.8. The highest BCUT2D eigenvalue weighted by atomic mass is 35.5. The summed E-state index contributed by atoms with van der Waals surface area (Å²) in [5.41, 5.74) is 5.04. The fraction of sp³-hybridized carbons (Fsp3) is 0.167. The lowest BCUT2D eigenvalue weighted by molar-refractivity contribution is -0.137. The van der Waals surface area contributed by atoms with Gasteiger partial charge in [0.05, 0.1) is 16.6 Å². The molecular weight excluding hydrogens is 337 g/mol. The van der Waals surface area contributed by atoms with Crippen LogP contribution >= 0.6 is 35.3 Å². The van der Waals surface area contributed by atoms with Gasteiger partial charge in [0.1, 0.15) is 5.82 Å². The van der Waals surface area contributed by atoms with E-state index in [9.17, 15) is 17.6 Å². The lowest BCUT2D eigenvalue weighted by atomic mass is 9.99. The Balaban J connectivity index is 0.00000200. The molecule has 0 spiro atoms. The summed E-state index contributed by atoms with van der Waals surface area (Å²) in [6, 6.07) is 1.90. The standard InChI is InChI=1S/C12H8ClF4NS.ClH/c13-9-4-7(12(15,16)17)3-8(10(9)14)11(18)6-1-2-19-5-6;/h1-5,11H,18H2;1H/t11-;/m0./s1. The van der Waals surface area contributed by atoms with E-state index in [1.54, 1.807) is 16.8 Å². The van der Waals surface area contributed by atoms with Crippen LogP contribution in [0.15, 0.2) is 29.0 Å². The molecule has 0 saturated heterocycles. The summed E-state index contributed by atoms with van der Waals surface area (Å²) in [4.78, 5) is 0. The Hall–Kier alpha value is -0.820. The molecule has 0 aliphatic rings. The minimum Gasteiger partial charge on any atom is -0.320 e. The van der Waals surface area contributed by atoms with Gasteiger partial charge in [-0.1, -0.05) is 11.6 Å². The molecule has 2 N–H and O–H groups in total. The number of alkyl halides is 3. The fourth-order valence-electron chi connectivity index (χ4n) is 1.63. The van der Waals surface area contributed by atoms with Gasteiger partial charge >= 0.3 is 6.18 Å². The van der Waals surface area contributed by atoms with Gasteiger partial charge in [0.2, 0.25) is 0 Å². The van der Waals surface area contributed by atoms with E-state index >= 15 is 0 Å². The van der Waals surface area contributed by atoms with Crippen LogP contribution < -0.4 is 5.73 Å². The highest BCUT2D eigenvalue weighted by Crippen LogP contribution is 2.36. The average Bonchev–Trinajstić information content (AvgIpc) is 2.83. The zero-order valence-electron chi connectivity index (χ0n) is 9.75. The lowest BCUT2D eigenvalue weighted by Crippen LogP contribution is -2.15. The first-order chi connectivity index (χ1) is 8.80. The monoisotopic (exact) mass is 345 g/mol. The SMILES string of the molecule is Cl.N[C@@H](c1ccsc1)c1cc(C(F)(F)F)cc(Cl)c1F. The summed E-state index contributed by atoms with van der Waals surface area (Å²) in [5.74, 6) is -0.923.